The van der Waals surface area contributed by atoms with Gasteiger partial charge < -0.3 is 14.8 Å². The quantitative estimate of drug-likeness (QED) is 0.191. The third kappa shape index (κ3) is 7.01. The molecule has 2 heterocycles. The summed E-state index contributed by atoms with van der Waals surface area (Å²) in [6.45, 7) is 0.155. The number of rotatable bonds is 13. The Hall–Kier alpha value is -4.02. The van der Waals surface area contributed by atoms with E-state index in [1.54, 1.807) is 7.05 Å². The van der Waals surface area contributed by atoms with Crippen LogP contribution >= 0.6 is 0 Å². The van der Waals surface area contributed by atoms with Crippen molar-refractivity contribution in [1.29, 1.82) is 0 Å². The maximum Gasteiger partial charge on any atom is 0.303 e. The molecule has 214 valence electrons. The van der Waals surface area contributed by atoms with Gasteiger partial charge in [0, 0.05) is 25.6 Å². The van der Waals surface area contributed by atoms with Gasteiger partial charge in [-0.1, -0.05) is 54.6 Å². The van der Waals surface area contributed by atoms with Crippen LogP contribution in [0.15, 0.2) is 65.1 Å². The molecular weight excluding hydrogens is 542 g/mol. The summed E-state index contributed by atoms with van der Waals surface area (Å²) in [4.78, 5) is 28.4. The minimum Gasteiger partial charge on any atom is -0.481 e. The van der Waals surface area contributed by atoms with Crippen molar-refractivity contribution >= 4 is 33.0 Å². The maximum absolute atomic E-state index is 13.1. The second kappa shape index (κ2) is 12.2. The monoisotopic (exact) mass is 575 g/mol. The van der Waals surface area contributed by atoms with Crippen LogP contribution in [0.3, 0.4) is 0 Å². The predicted molar refractivity (Wildman–Crippen MR) is 156 cm³/mol. The van der Waals surface area contributed by atoms with E-state index in [1.807, 2.05) is 48.5 Å². The number of benzene rings is 2. The highest BCUT2D eigenvalue weighted by atomic mass is 32.2. The molecule has 1 aliphatic rings. The number of nitrogens with one attached hydrogen (secondary N) is 2. The molecule has 9 nitrogen and oxygen atoms in total. The van der Waals surface area contributed by atoms with Gasteiger partial charge in [0.1, 0.15) is 11.5 Å². The van der Waals surface area contributed by atoms with Gasteiger partial charge in [-0.2, -0.15) is 0 Å². The van der Waals surface area contributed by atoms with E-state index >= 15 is 0 Å². The van der Waals surface area contributed by atoms with Gasteiger partial charge in [-0.15, -0.1) is 0 Å². The van der Waals surface area contributed by atoms with Crippen molar-refractivity contribution < 1.29 is 27.5 Å². The Morgan fingerprint density at radius 2 is 1.73 bits per heavy atom. The third-order valence-electron chi connectivity index (χ3n) is 7.20. The summed E-state index contributed by atoms with van der Waals surface area (Å²) in [6.07, 6.45) is 3.43. The van der Waals surface area contributed by atoms with E-state index in [2.05, 4.69) is 27.2 Å². The van der Waals surface area contributed by atoms with Crippen LogP contribution in [-0.4, -0.2) is 44.0 Å². The summed E-state index contributed by atoms with van der Waals surface area (Å²) >= 11 is 0. The van der Waals surface area contributed by atoms with Crippen molar-refractivity contribution in [2.75, 3.05) is 13.6 Å². The second-order valence-electron chi connectivity index (χ2n) is 10.4. The molecule has 2 aromatic heterocycles. The fourth-order valence-electron chi connectivity index (χ4n) is 4.96. The number of carboxylic acid groups (broad SMARTS) is 1. The van der Waals surface area contributed by atoms with E-state index in [9.17, 15) is 18.0 Å². The molecule has 0 aliphatic heterocycles. The molecule has 2 aromatic carbocycles. The summed E-state index contributed by atoms with van der Waals surface area (Å²) in [5.41, 5.74) is 4.84. The standard InChI is InChI=1S/C31H33N3O6S/c1-32-30(37)28-25-18-24(22-14-15-22)26(19-41(38,39)33-16-6-5-9-27(35)36)34-31(25)40-29(28)23-12-10-21(11-13-23)17-20-7-3-2-4-8-20/h2-4,7-8,10-13,18,22,33H,5-6,9,14-17,19H2,1H3,(H,32,37)(H,35,36). The molecule has 0 atom stereocenters. The topological polar surface area (TPSA) is 139 Å². The number of hydrogen-bond donors (Lipinski definition) is 3. The fraction of sp³-hybridized carbons (Fsp3) is 0.323. The first-order valence-corrected chi connectivity index (χ1v) is 15.4. The number of carbonyl (C=O) groups excluding carboxylic acids is 1. The van der Waals surface area contributed by atoms with E-state index in [0.29, 0.717) is 35.2 Å². The second-order valence-corrected chi connectivity index (χ2v) is 12.2. The number of aliphatic carboxylic acids is 1. The Kier molecular flexibility index (Phi) is 8.51. The molecule has 0 saturated heterocycles. The minimum atomic E-state index is -3.72. The highest BCUT2D eigenvalue weighted by molar-refractivity contribution is 7.88. The summed E-state index contributed by atoms with van der Waals surface area (Å²) in [7, 11) is -2.16. The smallest absolute Gasteiger partial charge is 0.303 e. The zero-order valence-electron chi connectivity index (χ0n) is 22.9. The predicted octanol–water partition coefficient (Wildman–Crippen LogP) is 5.00. The van der Waals surface area contributed by atoms with Gasteiger partial charge in [0.15, 0.2) is 0 Å². The molecule has 10 heteroatoms. The van der Waals surface area contributed by atoms with Crippen molar-refractivity contribution in [3.63, 3.8) is 0 Å². The number of nitrogens with zero attached hydrogens (tertiary/aromatic N) is 1. The van der Waals surface area contributed by atoms with Crippen LogP contribution in [0.4, 0.5) is 0 Å². The lowest BCUT2D eigenvalue weighted by Gasteiger charge is -2.10. The van der Waals surface area contributed by atoms with Crippen LogP contribution in [0.1, 0.15) is 70.8 Å². The van der Waals surface area contributed by atoms with E-state index < -0.39 is 16.0 Å². The van der Waals surface area contributed by atoms with Crippen molar-refractivity contribution in [3.8, 4) is 11.3 Å². The number of pyridine rings is 1. The van der Waals surface area contributed by atoms with E-state index in [0.717, 1.165) is 36.0 Å². The molecule has 0 spiro atoms. The molecule has 1 amide bonds. The Bertz CT molecular complexity index is 1660. The van der Waals surface area contributed by atoms with E-state index in [1.165, 1.54) is 5.56 Å². The average Bonchev–Trinajstić information content (AvgIpc) is 3.73. The van der Waals surface area contributed by atoms with Gasteiger partial charge in [-0.25, -0.2) is 18.1 Å². The van der Waals surface area contributed by atoms with Crippen molar-refractivity contribution in [3.05, 3.63) is 88.6 Å². The van der Waals surface area contributed by atoms with E-state index in [4.69, 9.17) is 9.52 Å². The molecular formula is C31H33N3O6S. The molecule has 0 radical (unpaired) electrons. The largest absolute Gasteiger partial charge is 0.481 e. The van der Waals surface area contributed by atoms with Gasteiger partial charge >= 0.3 is 5.97 Å². The number of aromatic nitrogens is 1. The summed E-state index contributed by atoms with van der Waals surface area (Å²) < 4.78 is 34.5. The number of sulfonamides is 1. The van der Waals surface area contributed by atoms with Gasteiger partial charge in [0.2, 0.25) is 15.7 Å². The number of furan rings is 1. The molecule has 5 rings (SSSR count). The van der Waals surface area contributed by atoms with Gasteiger partial charge in [-0.05, 0) is 60.8 Å². The number of carboxylic acids is 1. The molecule has 41 heavy (non-hydrogen) atoms. The Labute approximate surface area is 239 Å². The number of fused-ring (bicyclic) bond motifs is 1. The Morgan fingerprint density at radius 1 is 1.02 bits per heavy atom. The zero-order chi connectivity index (χ0) is 29.0. The van der Waals surface area contributed by atoms with Crippen LogP contribution < -0.4 is 10.0 Å². The lowest BCUT2D eigenvalue weighted by molar-refractivity contribution is -0.137. The van der Waals surface area contributed by atoms with Crippen LogP contribution in [0.2, 0.25) is 0 Å². The molecule has 1 fully saturated rings. The average molecular weight is 576 g/mol. The SMILES string of the molecule is CNC(=O)c1c(-c2ccc(Cc3ccccc3)cc2)oc2nc(CS(=O)(=O)NCCCCC(=O)O)c(C3CC3)cc12. The van der Waals surface area contributed by atoms with Crippen molar-refractivity contribution in [1.82, 2.24) is 15.0 Å². The third-order valence-corrected chi connectivity index (χ3v) is 8.50. The number of unbranched alkanes of at least 4 members (excludes halogenated alkanes) is 1. The van der Waals surface area contributed by atoms with Gasteiger partial charge in [-0.3, -0.25) is 9.59 Å². The summed E-state index contributed by atoms with van der Waals surface area (Å²) in [6, 6.07) is 19.9. The lowest BCUT2D eigenvalue weighted by atomic mass is 10.00. The van der Waals surface area contributed by atoms with Crippen LogP contribution in [-0.2, 0) is 27.0 Å². The first-order chi connectivity index (χ1) is 19.7. The van der Waals surface area contributed by atoms with Crippen molar-refractivity contribution in [2.24, 2.45) is 0 Å². The Morgan fingerprint density at radius 3 is 2.39 bits per heavy atom. The number of carbonyl (C=O) groups is 2. The summed E-state index contributed by atoms with van der Waals surface area (Å²) in [5, 5.41) is 12.0. The number of hydrogen-bond acceptors (Lipinski definition) is 6. The highest BCUT2D eigenvalue weighted by Gasteiger charge is 2.31. The molecule has 0 bridgehead atoms. The van der Waals surface area contributed by atoms with Crippen LogP contribution in [0.5, 0.6) is 0 Å². The van der Waals surface area contributed by atoms with Crippen molar-refractivity contribution in [2.45, 2.75) is 50.2 Å². The zero-order valence-corrected chi connectivity index (χ0v) is 23.7. The molecule has 0 unspecified atom stereocenters. The Balaban J connectivity index is 1.45. The normalized spacial score (nSPS) is 13.4. The fourth-order valence-corrected chi connectivity index (χ4v) is 6.11. The van der Waals surface area contributed by atoms with Crippen LogP contribution in [0, 0.1) is 0 Å². The minimum absolute atomic E-state index is 0.00394. The van der Waals surface area contributed by atoms with E-state index in [-0.39, 0.29) is 36.3 Å². The van der Waals surface area contributed by atoms with Crippen LogP contribution in [0.25, 0.3) is 22.4 Å². The first kappa shape index (κ1) is 28.5. The van der Waals surface area contributed by atoms with Gasteiger partial charge in [0.05, 0.1) is 16.6 Å². The first-order valence-electron chi connectivity index (χ1n) is 13.7. The molecule has 4 aromatic rings. The summed E-state index contributed by atoms with van der Waals surface area (Å²) in [5.74, 6) is -0.972. The lowest BCUT2D eigenvalue weighted by Crippen LogP contribution is -2.27. The number of amides is 1. The molecule has 3 N–H and O–H groups in total. The molecule has 1 aliphatic carbocycles. The maximum atomic E-state index is 13.1. The van der Waals surface area contributed by atoms with Gasteiger partial charge in [0.25, 0.3) is 5.91 Å². The molecule has 1 saturated carbocycles. The highest BCUT2D eigenvalue weighted by Crippen LogP contribution is 2.44.